The zero-order valence-corrected chi connectivity index (χ0v) is 11.2. The van der Waals surface area contributed by atoms with Crippen molar-refractivity contribution in [3.05, 3.63) is 34.9 Å². The summed E-state index contributed by atoms with van der Waals surface area (Å²) in [6.07, 6.45) is 0. The standard InChI is InChI=1S/C12H12ClFN4O/c1-3-19-12-17-10(13)16-11(18-12)15-8-5-4-7(2)9(14)6-8/h4-6H,3H2,1-2H3,(H,15,16,17,18). The lowest BCUT2D eigenvalue weighted by atomic mass is 10.2. The molecule has 100 valence electrons. The van der Waals surface area contributed by atoms with Crippen molar-refractivity contribution in [3.63, 3.8) is 0 Å². The van der Waals surface area contributed by atoms with E-state index < -0.39 is 0 Å². The fourth-order valence-electron chi connectivity index (χ4n) is 1.38. The van der Waals surface area contributed by atoms with Gasteiger partial charge in [-0.3, -0.25) is 0 Å². The van der Waals surface area contributed by atoms with E-state index in [9.17, 15) is 4.39 Å². The van der Waals surface area contributed by atoms with Gasteiger partial charge >= 0.3 is 6.01 Å². The molecule has 1 aromatic heterocycles. The third-order valence-corrected chi connectivity index (χ3v) is 2.46. The van der Waals surface area contributed by atoms with E-state index in [2.05, 4.69) is 20.3 Å². The predicted molar refractivity (Wildman–Crippen MR) is 70.4 cm³/mol. The smallest absolute Gasteiger partial charge is 0.322 e. The topological polar surface area (TPSA) is 59.9 Å². The first-order valence-electron chi connectivity index (χ1n) is 5.66. The molecule has 0 amide bonds. The minimum Gasteiger partial charge on any atom is -0.464 e. The SMILES string of the molecule is CCOc1nc(Cl)nc(Nc2ccc(C)c(F)c2)n1. The molecule has 19 heavy (non-hydrogen) atoms. The molecule has 0 aliphatic carbocycles. The average molecular weight is 283 g/mol. The molecule has 0 saturated carbocycles. The zero-order valence-electron chi connectivity index (χ0n) is 10.4. The van der Waals surface area contributed by atoms with Crippen LogP contribution in [0.3, 0.4) is 0 Å². The van der Waals surface area contributed by atoms with Crippen molar-refractivity contribution in [2.45, 2.75) is 13.8 Å². The number of benzene rings is 1. The molecule has 1 aromatic carbocycles. The highest BCUT2D eigenvalue weighted by Gasteiger charge is 2.07. The molecule has 0 fully saturated rings. The summed E-state index contributed by atoms with van der Waals surface area (Å²) in [7, 11) is 0. The van der Waals surface area contributed by atoms with Gasteiger partial charge in [-0.25, -0.2) is 4.39 Å². The van der Waals surface area contributed by atoms with Crippen molar-refractivity contribution in [2.75, 3.05) is 11.9 Å². The lowest BCUT2D eigenvalue weighted by molar-refractivity contribution is 0.312. The largest absolute Gasteiger partial charge is 0.464 e. The molecule has 2 rings (SSSR count). The van der Waals surface area contributed by atoms with E-state index in [1.54, 1.807) is 26.0 Å². The van der Waals surface area contributed by atoms with Gasteiger partial charge in [0.05, 0.1) is 6.61 Å². The molecule has 0 aliphatic heterocycles. The lowest BCUT2D eigenvalue weighted by Gasteiger charge is -2.07. The summed E-state index contributed by atoms with van der Waals surface area (Å²) in [5.74, 6) is -0.109. The Morgan fingerprint density at radius 2 is 2.11 bits per heavy atom. The summed E-state index contributed by atoms with van der Waals surface area (Å²) in [6, 6.07) is 4.85. The van der Waals surface area contributed by atoms with Gasteiger partial charge in [0.15, 0.2) is 0 Å². The van der Waals surface area contributed by atoms with Gasteiger partial charge in [-0.2, -0.15) is 15.0 Å². The van der Waals surface area contributed by atoms with Crippen molar-refractivity contribution in [1.82, 2.24) is 15.0 Å². The first-order valence-corrected chi connectivity index (χ1v) is 6.04. The fraction of sp³-hybridized carbons (Fsp3) is 0.250. The van der Waals surface area contributed by atoms with Crippen LogP contribution in [0, 0.1) is 12.7 Å². The number of anilines is 2. The van der Waals surface area contributed by atoms with Crippen LogP contribution in [-0.4, -0.2) is 21.6 Å². The highest BCUT2D eigenvalue weighted by Crippen LogP contribution is 2.19. The minimum atomic E-state index is -0.310. The van der Waals surface area contributed by atoms with Crippen molar-refractivity contribution >= 4 is 23.2 Å². The first kappa shape index (κ1) is 13.5. The number of hydrogen-bond donors (Lipinski definition) is 1. The summed E-state index contributed by atoms with van der Waals surface area (Å²) in [4.78, 5) is 11.7. The Labute approximate surface area is 114 Å². The van der Waals surface area contributed by atoms with E-state index in [-0.39, 0.29) is 23.1 Å². The Morgan fingerprint density at radius 1 is 1.32 bits per heavy atom. The second-order valence-corrected chi connectivity index (χ2v) is 4.07. The van der Waals surface area contributed by atoms with E-state index in [1.165, 1.54) is 6.07 Å². The number of hydrogen-bond acceptors (Lipinski definition) is 5. The summed E-state index contributed by atoms with van der Waals surface area (Å²) < 4.78 is 18.6. The van der Waals surface area contributed by atoms with E-state index in [0.717, 1.165) is 0 Å². The molecule has 0 radical (unpaired) electrons. The third kappa shape index (κ3) is 3.51. The van der Waals surface area contributed by atoms with Gasteiger partial charge in [-0.05, 0) is 43.1 Å². The minimum absolute atomic E-state index is 0.00790. The second kappa shape index (κ2) is 5.79. The summed E-state index contributed by atoms with van der Waals surface area (Å²) in [5, 5.41) is 2.85. The van der Waals surface area contributed by atoms with Crippen LogP contribution in [0.5, 0.6) is 6.01 Å². The lowest BCUT2D eigenvalue weighted by Crippen LogP contribution is -2.04. The normalized spacial score (nSPS) is 10.3. The molecule has 5 nitrogen and oxygen atoms in total. The van der Waals surface area contributed by atoms with Crippen LogP contribution in [0.25, 0.3) is 0 Å². The second-order valence-electron chi connectivity index (χ2n) is 3.73. The number of ether oxygens (including phenoxy) is 1. The number of aromatic nitrogens is 3. The Kier molecular flexibility index (Phi) is 4.11. The Bertz CT molecular complexity index is 594. The van der Waals surface area contributed by atoms with Gasteiger partial charge < -0.3 is 10.1 Å². The molecule has 0 saturated heterocycles. The van der Waals surface area contributed by atoms with Gasteiger partial charge in [0.25, 0.3) is 0 Å². The highest BCUT2D eigenvalue weighted by molar-refractivity contribution is 6.28. The van der Waals surface area contributed by atoms with Crippen molar-refractivity contribution in [1.29, 1.82) is 0 Å². The molecule has 7 heteroatoms. The molecule has 0 spiro atoms. The predicted octanol–water partition coefficient (Wildman–Crippen LogP) is 3.11. The van der Waals surface area contributed by atoms with Gasteiger partial charge in [0.2, 0.25) is 11.2 Å². The molecular formula is C12H12ClFN4O. The van der Waals surface area contributed by atoms with Crippen LogP contribution < -0.4 is 10.1 Å². The quantitative estimate of drug-likeness (QED) is 0.933. The Morgan fingerprint density at radius 3 is 2.79 bits per heavy atom. The highest BCUT2D eigenvalue weighted by atomic mass is 35.5. The summed E-state index contributed by atoms with van der Waals surface area (Å²) in [5.41, 5.74) is 1.09. The van der Waals surface area contributed by atoms with Crippen LogP contribution in [0.1, 0.15) is 12.5 Å². The molecule has 0 bridgehead atoms. The van der Waals surface area contributed by atoms with E-state index in [1.807, 2.05) is 0 Å². The summed E-state index contributed by atoms with van der Waals surface area (Å²) in [6.45, 7) is 3.91. The van der Waals surface area contributed by atoms with Crippen molar-refractivity contribution in [2.24, 2.45) is 0 Å². The maximum Gasteiger partial charge on any atom is 0.322 e. The van der Waals surface area contributed by atoms with Gasteiger partial charge in [0.1, 0.15) is 5.82 Å². The first-order chi connectivity index (χ1) is 9.08. The van der Waals surface area contributed by atoms with E-state index in [0.29, 0.717) is 17.9 Å². The molecule has 0 aliphatic rings. The Hall–Kier alpha value is -1.95. The van der Waals surface area contributed by atoms with E-state index >= 15 is 0 Å². The third-order valence-electron chi connectivity index (χ3n) is 2.29. The molecule has 2 aromatic rings. The Balaban J connectivity index is 2.24. The molecule has 0 atom stereocenters. The number of nitrogens with one attached hydrogen (secondary N) is 1. The van der Waals surface area contributed by atoms with Crippen molar-refractivity contribution in [3.8, 4) is 6.01 Å². The number of halogens is 2. The van der Waals surface area contributed by atoms with Crippen LogP contribution in [0.4, 0.5) is 16.0 Å². The number of aryl methyl sites for hydroxylation is 1. The maximum absolute atomic E-state index is 13.4. The molecular weight excluding hydrogens is 271 g/mol. The van der Waals surface area contributed by atoms with Crippen LogP contribution in [0.15, 0.2) is 18.2 Å². The van der Waals surface area contributed by atoms with Crippen LogP contribution in [-0.2, 0) is 0 Å². The zero-order chi connectivity index (χ0) is 13.8. The number of rotatable bonds is 4. The molecule has 1 heterocycles. The number of nitrogens with zero attached hydrogens (tertiary/aromatic N) is 3. The monoisotopic (exact) mass is 282 g/mol. The van der Waals surface area contributed by atoms with Gasteiger partial charge in [-0.1, -0.05) is 6.07 Å². The van der Waals surface area contributed by atoms with Crippen LogP contribution in [0.2, 0.25) is 5.28 Å². The average Bonchev–Trinajstić information content (AvgIpc) is 2.33. The maximum atomic E-state index is 13.4. The van der Waals surface area contributed by atoms with E-state index in [4.69, 9.17) is 16.3 Å². The van der Waals surface area contributed by atoms with Gasteiger partial charge in [0, 0.05) is 5.69 Å². The molecule has 0 unspecified atom stereocenters. The van der Waals surface area contributed by atoms with Gasteiger partial charge in [-0.15, -0.1) is 0 Å². The van der Waals surface area contributed by atoms with Crippen molar-refractivity contribution < 1.29 is 9.13 Å². The summed E-state index contributed by atoms with van der Waals surface area (Å²) >= 11 is 5.75. The fourth-order valence-corrected chi connectivity index (χ4v) is 1.53. The van der Waals surface area contributed by atoms with Crippen LogP contribution >= 0.6 is 11.6 Å². The molecule has 1 N–H and O–H groups in total.